The number of aromatic amines is 1. The Morgan fingerprint density at radius 2 is 2.27 bits per heavy atom. The number of aromatic nitrogens is 3. The molecule has 4 N–H and O–H groups in total. The van der Waals surface area contributed by atoms with E-state index in [1.807, 2.05) is 38.1 Å². The van der Waals surface area contributed by atoms with Crippen LogP contribution in [0.4, 0.5) is 4.79 Å². The molecule has 118 valence electrons. The number of aliphatic hydroxyl groups excluding tert-OH is 1. The van der Waals surface area contributed by atoms with E-state index in [1.165, 1.54) is 0 Å². The molecule has 0 bridgehead atoms. The summed E-state index contributed by atoms with van der Waals surface area (Å²) in [5, 5.41) is 21.5. The second kappa shape index (κ2) is 7.56. The molecular weight excluding hydrogens is 282 g/mol. The van der Waals surface area contributed by atoms with Crippen LogP contribution in [0.15, 0.2) is 24.3 Å². The van der Waals surface area contributed by atoms with Gasteiger partial charge in [0.1, 0.15) is 5.82 Å². The number of hydrogen-bond donors (Lipinski definition) is 4. The van der Waals surface area contributed by atoms with Crippen LogP contribution in [0, 0.1) is 6.92 Å². The van der Waals surface area contributed by atoms with Crippen LogP contribution in [0.3, 0.4) is 0 Å². The molecule has 0 saturated carbocycles. The van der Waals surface area contributed by atoms with Gasteiger partial charge in [-0.3, -0.25) is 5.10 Å². The minimum atomic E-state index is -0.292. The zero-order chi connectivity index (χ0) is 15.9. The van der Waals surface area contributed by atoms with Crippen LogP contribution in [-0.4, -0.2) is 39.0 Å². The molecule has 2 amide bonds. The SMILES string of the molecule is CCC(CO)NC(=O)NCc1cccc(-c2n[nH]c(C)n2)c1. The molecule has 1 aromatic heterocycles. The molecule has 0 aliphatic heterocycles. The van der Waals surface area contributed by atoms with Crippen LogP contribution in [0.25, 0.3) is 11.4 Å². The monoisotopic (exact) mass is 303 g/mol. The van der Waals surface area contributed by atoms with Gasteiger partial charge >= 0.3 is 6.03 Å². The Labute approximate surface area is 129 Å². The van der Waals surface area contributed by atoms with Crippen molar-refractivity contribution < 1.29 is 9.90 Å². The third-order valence-electron chi connectivity index (χ3n) is 3.28. The van der Waals surface area contributed by atoms with E-state index in [0.717, 1.165) is 17.0 Å². The Balaban J connectivity index is 1.95. The Morgan fingerprint density at radius 1 is 1.45 bits per heavy atom. The number of aliphatic hydroxyl groups is 1. The van der Waals surface area contributed by atoms with E-state index < -0.39 is 0 Å². The smallest absolute Gasteiger partial charge is 0.315 e. The van der Waals surface area contributed by atoms with Crippen molar-refractivity contribution >= 4 is 6.03 Å². The first-order valence-electron chi connectivity index (χ1n) is 7.26. The molecule has 0 fully saturated rings. The molecule has 2 rings (SSSR count). The number of nitrogens with one attached hydrogen (secondary N) is 3. The van der Waals surface area contributed by atoms with E-state index in [0.29, 0.717) is 18.8 Å². The van der Waals surface area contributed by atoms with Crippen molar-refractivity contribution in [1.82, 2.24) is 25.8 Å². The summed E-state index contributed by atoms with van der Waals surface area (Å²) in [5.41, 5.74) is 1.85. The molecule has 0 saturated heterocycles. The molecule has 1 atom stereocenters. The van der Waals surface area contributed by atoms with Gasteiger partial charge in [0.15, 0.2) is 5.82 Å². The van der Waals surface area contributed by atoms with Crippen LogP contribution in [0.2, 0.25) is 0 Å². The number of aryl methyl sites for hydroxylation is 1. The predicted molar refractivity (Wildman–Crippen MR) is 83.1 cm³/mol. The molecular formula is C15H21N5O2. The molecule has 0 aliphatic carbocycles. The molecule has 1 heterocycles. The van der Waals surface area contributed by atoms with E-state index >= 15 is 0 Å². The molecule has 7 heteroatoms. The van der Waals surface area contributed by atoms with E-state index in [4.69, 9.17) is 5.11 Å². The van der Waals surface area contributed by atoms with E-state index in [1.54, 1.807) is 0 Å². The van der Waals surface area contributed by atoms with Crippen molar-refractivity contribution in [2.75, 3.05) is 6.61 Å². The summed E-state index contributed by atoms with van der Waals surface area (Å²) in [6.45, 7) is 4.08. The summed E-state index contributed by atoms with van der Waals surface area (Å²) >= 11 is 0. The van der Waals surface area contributed by atoms with Crippen molar-refractivity contribution in [3.63, 3.8) is 0 Å². The maximum Gasteiger partial charge on any atom is 0.315 e. The van der Waals surface area contributed by atoms with Gasteiger partial charge in [-0.2, -0.15) is 5.10 Å². The van der Waals surface area contributed by atoms with Crippen LogP contribution in [0.5, 0.6) is 0 Å². The molecule has 0 spiro atoms. The third-order valence-corrected chi connectivity index (χ3v) is 3.28. The zero-order valence-corrected chi connectivity index (χ0v) is 12.8. The van der Waals surface area contributed by atoms with Crippen LogP contribution >= 0.6 is 0 Å². The van der Waals surface area contributed by atoms with E-state index in [-0.39, 0.29) is 18.7 Å². The second-order valence-corrected chi connectivity index (χ2v) is 5.06. The van der Waals surface area contributed by atoms with Gasteiger partial charge < -0.3 is 15.7 Å². The summed E-state index contributed by atoms with van der Waals surface area (Å²) in [4.78, 5) is 16.0. The zero-order valence-electron chi connectivity index (χ0n) is 12.8. The Bertz CT molecular complexity index is 622. The van der Waals surface area contributed by atoms with Crippen LogP contribution in [0.1, 0.15) is 24.7 Å². The van der Waals surface area contributed by atoms with E-state index in [2.05, 4.69) is 25.8 Å². The number of urea groups is 1. The lowest BCUT2D eigenvalue weighted by molar-refractivity contribution is 0.214. The number of carbonyl (C=O) groups excluding carboxylic acids is 1. The van der Waals surface area contributed by atoms with Crippen LogP contribution < -0.4 is 10.6 Å². The minimum absolute atomic E-state index is 0.0659. The summed E-state index contributed by atoms with van der Waals surface area (Å²) in [7, 11) is 0. The first-order chi connectivity index (χ1) is 10.6. The summed E-state index contributed by atoms with van der Waals surface area (Å²) in [6, 6.07) is 7.17. The first kappa shape index (κ1) is 16.0. The first-order valence-corrected chi connectivity index (χ1v) is 7.26. The highest BCUT2D eigenvalue weighted by molar-refractivity contribution is 5.74. The highest BCUT2D eigenvalue weighted by Crippen LogP contribution is 2.16. The highest BCUT2D eigenvalue weighted by Gasteiger charge is 2.09. The number of carbonyl (C=O) groups is 1. The molecule has 1 unspecified atom stereocenters. The molecule has 0 aliphatic rings. The molecule has 0 radical (unpaired) electrons. The summed E-state index contributed by atoms with van der Waals surface area (Å²) in [5.74, 6) is 1.39. The quantitative estimate of drug-likeness (QED) is 0.646. The van der Waals surface area contributed by atoms with Gasteiger partial charge in [0, 0.05) is 12.1 Å². The maximum atomic E-state index is 11.7. The maximum absolute atomic E-state index is 11.7. The summed E-state index contributed by atoms with van der Waals surface area (Å²) in [6.07, 6.45) is 0.684. The van der Waals surface area contributed by atoms with Gasteiger partial charge in [0.2, 0.25) is 0 Å². The Morgan fingerprint density at radius 3 is 2.91 bits per heavy atom. The predicted octanol–water partition coefficient (Wildman–Crippen LogP) is 1.35. The van der Waals surface area contributed by atoms with Crippen molar-refractivity contribution in [2.24, 2.45) is 0 Å². The average molecular weight is 303 g/mol. The van der Waals surface area contributed by atoms with Crippen LogP contribution in [-0.2, 0) is 6.54 Å². The molecule has 2 aromatic rings. The van der Waals surface area contributed by atoms with Crippen molar-refractivity contribution in [2.45, 2.75) is 32.9 Å². The lowest BCUT2D eigenvalue weighted by atomic mass is 10.1. The fraction of sp³-hybridized carbons (Fsp3) is 0.400. The van der Waals surface area contributed by atoms with Gasteiger partial charge in [-0.25, -0.2) is 9.78 Å². The van der Waals surface area contributed by atoms with Gasteiger partial charge in [-0.15, -0.1) is 0 Å². The Hall–Kier alpha value is -2.41. The molecule has 22 heavy (non-hydrogen) atoms. The highest BCUT2D eigenvalue weighted by atomic mass is 16.3. The van der Waals surface area contributed by atoms with E-state index in [9.17, 15) is 4.79 Å². The number of H-pyrrole nitrogens is 1. The summed E-state index contributed by atoms with van der Waals surface area (Å²) < 4.78 is 0. The van der Waals surface area contributed by atoms with Crippen molar-refractivity contribution in [3.05, 3.63) is 35.7 Å². The van der Waals surface area contributed by atoms with Crippen molar-refractivity contribution in [3.8, 4) is 11.4 Å². The second-order valence-electron chi connectivity index (χ2n) is 5.06. The molecule has 7 nitrogen and oxygen atoms in total. The average Bonchev–Trinajstić information content (AvgIpc) is 2.97. The van der Waals surface area contributed by atoms with Crippen molar-refractivity contribution in [1.29, 1.82) is 0 Å². The van der Waals surface area contributed by atoms with Gasteiger partial charge in [-0.1, -0.05) is 25.1 Å². The lowest BCUT2D eigenvalue weighted by Gasteiger charge is -2.14. The minimum Gasteiger partial charge on any atom is -0.394 e. The number of hydrogen-bond acceptors (Lipinski definition) is 4. The largest absolute Gasteiger partial charge is 0.394 e. The number of benzene rings is 1. The number of nitrogens with zero attached hydrogens (tertiary/aromatic N) is 2. The number of rotatable bonds is 6. The Kier molecular flexibility index (Phi) is 5.48. The standard InChI is InChI=1S/C15H21N5O2/c1-3-13(9-21)18-15(22)16-8-11-5-4-6-12(7-11)14-17-10(2)19-20-14/h4-7,13,21H,3,8-9H2,1-2H3,(H2,16,18,22)(H,17,19,20). The topological polar surface area (TPSA) is 103 Å². The number of amides is 2. The lowest BCUT2D eigenvalue weighted by Crippen LogP contribution is -2.43. The fourth-order valence-electron chi connectivity index (χ4n) is 1.99. The van der Waals surface area contributed by atoms with Gasteiger partial charge in [0.05, 0.1) is 12.6 Å². The normalized spacial score (nSPS) is 12.0. The van der Waals surface area contributed by atoms with Gasteiger partial charge in [-0.05, 0) is 25.0 Å². The molecule has 1 aromatic carbocycles. The van der Waals surface area contributed by atoms with Gasteiger partial charge in [0.25, 0.3) is 0 Å². The third kappa shape index (κ3) is 4.29. The fourth-order valence-corrected chi connectivity index (χ4v) is 1.99.